The Labute approximate surface area is 65.7 Å². The fourth-order valence-corrected chi connectivity index (χ4v) is 1.12. The van der Waals surface area contributed by atoms with Crippen molar-refractivity contribution in [1.82, 2.24) is 0 Å². The molecule has 0 saturated carbocycles. The summed E-state index contributed by atoms with van der Waals surface area (Å²) in [4.78, 5) is 19.3. The zero-order valence-electron chi connectivity index (χ0n) is 5.68. The number of hydrogen-bond donors (Lipinski definition) is 0. The maximum atomic E-state index is 10.3. The molecule has 0 fully saturated rings. The van der Waals surface area contributed by atoms with Gasteiger partial charge in [0.15, 0.2) is 0 Å². The molecule has 0 atom stereocenters. The van der Waals surface area contributed by atoms with Gasteiger partial charge < -0.3 is 0 Å². The standard InChI is InChI=1S/C6H2N2O4/c9-7(10)5-2-6(8(11)12)4-1-3(4)5/h1-2H. The Kier molecular flexibility index (Phi) is 0.999. The molecule has 2 aliphatic carbocycles. The topological polar surface area (TPSA) is 86.3 Å². The van der Waals surface area contributed by atoms with E-state index in [2.05, 4.69) is 0 Å². The number of nitro groups is 2. The van der Waals surface area contributed by atoms with Gasteiger partial charge in [-0.05, 0) is 6.07 Å². The molecule has 0 aromatic carbocycles. The number of rotatable bonds is 2. The van der Waals surface area contributed by atoms with E-state index in [1.54, 1.807) is 0 Å². The van der Waals surface area contributed by atoms with Crippen LogP contribution in [0.25, 0.3) is 11.1 Å². The maximum Gasteiger partial charge on any atom is 0.284 e. The molecule has 6 heteroatoms. The van der Waals surface area contributed by atoms with Crippen LogP contribution in [-0.4, -0.2) is 9.85 Å². The number of benzene rings is 1. The van der Waals surface area contributed by atoms with Crippen molar-refractivity contribution in [2.24, 2.45) is 0 Å². The van der Waals surface area contributed by atoms with Crippen molar-refractivity contribution < 1.29 is 9.85 Å². The highest BCUT2D eigenvalue weighted by Gasteiger charge is 2.37. The maximum absolute atomic E-state index is 10.3. The van der Waals surface area contributed by atoms with Crippen LogP contribution in [0.1, 0.15) is 0 Å². The second-order valence-electron chi connectivity index (χ2n) is 2.40. The summed E-state index contributed by atoms with van der Waals surface area (Å²) < 4.78 is 0. The van der Waals surface area contributed by atoms with Crippen LogP contribution in [0.4, 0.5) is 11.4 Å². The van der Waals surface area contributed by atoms with Crippen LogP contribution in [0.2, 0.25) is 0 Å². The molecule has 60 valence electrons. The third-order valence-corrected chi connectivity index (χ3v) is 1.71. The molecule has 0 saturated heterocycles. The van der Waals surface area contributed by atoms with Gasteiger partial charge in [0.05, 0.1) is 27.0 Å². The van der Waals surface area contributed by atoms with Crippen molar-refractivity contribution >= 4 is 11.4 Å². The lowest BCUT2D eigenvalue weighted by Crippen LogP contribution is -1.85. The van der Waals surface area contributed by atoms with Crippen molar-refractivity contribution in [1.29, 1.82) is 0 Å². The monoisotopic (exact) mass is 166 g/mol. The van der Waals surface area contributed by atoms with Gasteiger partial charge in [0.2, 0.25) is 0 Å². The molecule has 0 unspecified atom stereocenters. The molecule has 12 heavy (non-hydrogen) atoms. The van der Waals surface area contributed by atoms with Crippen molar-refractivity contribution in [3.63, 3.8) is 0 Å². The van der Waals surface area contributed by atoms with Crippen LogP contribution >= 0.6 is 0 Å². The van der Waals surface area contributed by atoms with E-state index in [1.807, 2.05) is 0 Å². The Morgan fingerprint density at radius 1 is 0.917 bits per heavy atom. The van der Waals surface area contributed by atoms with Gasteiger partial charge in [-0.2, -0.15) is 0 Å². The predicted octanol–water partition coefficient (Wildman–Crippen LogP) is 1.48. The summed E-state index contributed by atoms with van der Waals surface area (Å²) >= 11 is 0. The van der Waals surface area contributed by atoms with Crippen LogP contribution in [-0.2, 0) is 0 Å². The fraction of sp³-hybridized carbons (Fsp3) is 0. The zero-order valence-corrected chi connectivity index (χ0v) is 5.68. The lowest BCUT2D eigenvalue weighted by atomic mass is 10.5. The normalized spacial score (nSPS) is 11.0. The molecule has 0 bridgehead atoms. The van der Waals surface area contributed by atoms with Crippen molar-refractivity contribution in [3.8, 4) is 11.1 Å². The molecule has 2 rings (SSSR count). The largest absolute Gasteiger partial charge is 0.284 e. The van der Waals surface area contributed by atoms with E-state index in [-0.39, 0.29) is 11.4 Å². The lowest BCUT2D eigenvalue weighted by molar-refractivity contribution is -0.390. The molecule has 0 heterocycles. The van der Waals surface area contributed by atoms with Gasteiger partial charge in [-0.25, -0.2) is 0 Å². The average molecular weight is 166 g/mol. The number of hydrogen-bond acceptors (Lipinski definition) is 4. The quantitative estimate of drug-likeness (QED) is 0.499. The van der Waals surface area contributed by atoms with E-state index in [0.29, 0.717) is 11.1 Å². The Hall–Kier alpha value is -1.98. The summed E-state index contributed by atoms with van der Waals surface area (Å²) in [5, 5.41) is 20.5. The number of nitro benzene ring substituents is 2. The van der Waals surface area contributed by atoms with Gasteiger partial charge >= 0.3 is 0 Å². The Morgan fingerprint density at radius 2 is 1.33 bits per heavy atom. The molecule has 0 N–H and O–H groups in total. The smallest absolute Gasteiger partial charge is 0.258 e. The third-order valence-electron chi connectivity index (χ3n) is 1.71. The summed E-state index contributed by atoms with van der Waals surface area (Å²) in [6, 6.07) is 2.43. The van der Waals surface area contributed by atoms with Crippen LogP contribution < -0.4 is 0 Å². The van der Waals surface area contributed by atoms with E-state index < -0.39 is 9.85 Å². The van der Waals surface area contributed by atoms with E-state index in [0.717, 1.165) is 6.07 Å². The highest BCUT2D eigenvalue weighted by Crippen LogP contribution is 2.50. The average Bonchev–Trinajstić information content (AvgIpc) is 2.63. The summed E-state index contributed by atoms with van der Waals surface area (Å²) in [5.74, 6) is 0. The minimum absolute atomic E-state index is 0.170. The number of fused-ring (bicyclic) bond motifs is 1. The van der Waals surface area contributed by atoms with E-state index in [9.17, 15) is 20.2 Å². The van der Waals surface area contributed by atoms with Crippen molar-refractivity contribution in [3.05, 3.63) is 32.4 Å². The van der Waals surface area contributed by atoms with Gasteiger partial charge in [-0.3, -0.25) is 20.2 Å². The first-order chi connectivity index (χ1) is 5.61. The van der Waals surface area contributed by atoms with Gasteiger partial charge in [-0.1, -0.05) is 0 Å². The number of nitrogens with zero attached hydrogens (tertiary/aromatic N) is 2. The fourth-order valence-electron chi connectivity index (χ4n) is 1.12. The molecular weight excluding hydrogens is 164 g/mol. The highest BCUT2D eigenvalue weighted by molar-refractivity contribution is 5.97. The summed E-state index contributed by atoms with van der Waals surface area (Å²) in [5.41, 5.74) is 0.451. The molecule has 2 aliphatic rings. The molecule has 0 aromatic rings. The third kappa shape index (κ3) is 0.685. The molecule has 0 radical (unpaired) electrons. The Bertz CT molecular complexity index is 377. The molecule has 0 spiro atoms. The minimum Gasteiger partial charge on any atom is -0.258 e. The van der Waals surface area contributed by atoms with Gasteiger partial charge in [0, 0.05) is 0 Å². The van der Waals surface area contributed by atoms with Crippen molar-refractivity contribution in [2.45, 2.75) is 0 Å². The second-order valence-corrected chi connectivity index (χ2v) is 2.40. The molecule has 6 nitrogen and oxygen atoms in total. The van der Waals surface area contributed by atoms with Gasteiger partial charge in [0.25, 0.3) is 11.4 Å². The lowest BCUT2D eigenvalue weighted by Gasteiger charge is -1.82. The SMILES string of the molecule is O=[N+]([O-])c1cc([N+](=O)[O-])c2cc1-2. The van der Waals surface area contributed by atoms with E-state index in [4.69, 9.17) is 0 Å². The minimum atomic E-state index is -0.616. The summed E-state index contributed by atoms with van der Waals surface area (Å²) in [6.07, 6.45) is 0. The van der Waals surface area contributed by atoms with Gasteiger partial charge in [-0.15, -0.1) is 0 Å². The molecule has 0 amide bonds. The first-order valence-corrected chi connectivity index (χ1v) is 3.08. The predicted molar refractivity (Wildman–Crippen MR) is 38.7 cm³/mol. The second kappa shape index (κ2) is 1.79. The molecule has 0 aliphatic heterocycles. The molecule has 0 aromatic heterocycles. The summed E-state index contributed by atoms with van der Waals surface area (Å²) in [7, 11) is 0. The van der Waals surface area contributed by atoms with Crippen molar-refractivity contribution in [2.75, 3.05) is 0 Å². The van der Waals surface area contributed by atoms with Crippen LogP contribution in [0.5, 0.6) is 0 Å². The highest BCUT2D eigenvalue weighted by atomic mass is 16.6. The first kappa shape index (κ1) is 6.71. The first-order valence-electron chi connectivity index (χ1n) is 3.08. The van der Waals surface area contributed by atoms with Crippen LogP contribution in [0.15, 0.2) is 12.1 Å². The van der Waals surface area contributed by atoms with Gasteiger partial charge in [0.1, 0.15) is 0 Å². The van der Waals surface area contributed by atoms with E-state index >= 15 is 0 Å². The van der Waals surface area contributed by atoms with Crippen LogP contribution in [0.3, 0.4) is 0 Å². The van der Waals surface area contributed by atoms with E-state index in [1.165, 1.54) is 6.07 Å². The Balaban J connectivity index is 2.51. The van der Waals surface area contributed by atoms with Crippen LogP contribution in [0, 0.1) is 20.2 Å². The zero-order chi connectivity index (χ0) is 8.88. The molecular formula is C6H2N2O4. The summed E-state index contributed by atoms with van der Waals surface area (Å²) in [6.45, 7) is 0. The Morgan fingerprint density at radius 3 is 1.58 bits per heavy atom.